The lowest BCUT2D eigenvalue weighted by Gasteiger charge is -2.05. The van der Waals surface area contributed by atoms with E-state index in [4.69, 9.17) is 0 Å². The van der Waals surface area contributed by atoms with Crippen molar-refractivity contribution >= 4 is 24.0 Å². The van der Waals surface area contributed by atoms with E-state index in [1.807, 2.05) is 11.3 Å². The second-order valence-electron chi connectivity index (χ2n) is 3.02. The third-order valence-electron chi connectivity index (χ3n) is 1.81. The zero-order valence-corrected chi connectivity index (χ0v) is 8.71. The van der Waals surface area contributed by atoms with Crippen molar-refractivity contribution in [3.8, 4) is 0 Å². The summed E-state index contributed by atoms with van der Waals surface area (Å²) in [5.41, 5.74) is 1.43. The van der Waals surface area contributed by atoms with Crippen LogP contribution in [0.2, 0.25) is 0 Å². The molecule has 0 N–H and O–H groups in total. The molecule has 0 aliphatic carbocycles. The van der Waals surface area contributed by atoms with Crippen LogP contribution in [-0.2, 0) is 6.42 Å². The van der Waals surface area contributed by atoms with Crippen molar-refractivity contribution in [2.45, 2.75) is 20.3 Å². The van der Waals surface area contributed by atoms with Gasteiger partial charge in [0, 0.05) is 4.88 Å². The number of thiol groups is 1. The maximum Gasteiger partial charge on any atom is 0.00773 e. The first-order chi connectivity index (χ1) is 5.24. The van der Waals surface area contributed by atoms with Gasteiger partial charge < -0.3 is 0 Å². The minimum atomic E-state index is 0.704. The Morgan fingerprint density at radius 3 is 2.82 bits per heavy atom. The summed E-state index contributed by atoms with van der Waals surface area (Å²) in [6, 6.07) is 2.19. The van der Waals surface area contributed by atoms with Gasteiger partial charge in [-0.05, 0) is 42.0 Å². The van der Waals surface area contributed by atoms with E-state index in [1.165, 1.54) is 16.9 Å². The number of hydrogen-bond acceptors (Lipinski definition) is 2. The molecular formula is C9H14S2. The largest absolute Gasteiger partial charge is 0.179 e. The second-order valence-corrected chi connectivity index (χ2v) is 4.38. The number of thiophene rings is 1. The van der Waals surface area contributed by atoms with Gasteiger partial charge in [0.2, 0.25) is 0 Å². The summed E-state index contributed by atoms with van der Waals surface area (Å²) in [7, 11) is 0. The molecule has 1 rings (SSSR count). The Bertz CT molecular complexity index is 215. The lowest BCUT2D eigenvalue weighted by atomic mass is 10.1. The molecule has 0 nitrogen and oxygen atoms in total. The predicted molar refractivity (Wildman–Crippen MR) is 55.8 cm³/mol. The van der Waals surface area contributed by atoms with Gasteiger partial charge in [-0.1, -0.05) is 6.92 Å². The van der Waals surface area contributed by atoms with Crippen LogP contribution in [0.5, 0.6) is 0 Å². The highest BCUT2D eigenvalue weighted by Crippen LogP contribution is 2.19. The molecule has 11 heavy (non-hydrogen) atoms. The SMILES string of the molecule is Cc1ccsc1CC(C)CS. The van der Waals surface area contributed by atoms with E-state index in [0.29, 0.717) is 5.92 Å². The summed E-state index contributed by atoms with van der Waals surface area (Å²) in [6.45, 7) is 4.42. The molecule has 0 aliphatic rings. The summed E-state index contributed by atoms with van der Waals surface area (Å²) >= 11 is 6.12. The van der Waals surface area contributed by atoms with Crippen molar-refractivity contribution < 1.29 is 0 Å². The quantitative estimate of drug-likeness (QED) is 0.689. The van der Waals surface area contributed by atoms with E-state index in [2.05, 4.69) is 37.9 Å². The third kappa shape index (κ3) is 2.53. The summed E-state index contributed by atoms with van der Waals surface area (Å²) in [5, 5.41) is 2.16. The molecular weight excluding hydrogens is 172 g/mol. The normalized spacial score (nSPS) is 13.4. The van der Waals surface area contributed by atoms with Crippen molar-refractivity contribution in [3.63, 3.8) is 0 Å². The molecule has 0 bridgehead atoms. The smallest absolute Gasteiger partial charge is 0.00773 e. The van der Waals surface area contributed by atoms with E-state index in [0.717, 1.165) is 5.75 Å². The highest BCUT2D eigenvalue weighted by atomic mass is 32.1. The Morgan fingerprint density at radius 2 is 2.36 bits per heavy atom. The fourth-order valence-electron chi connectivity index (χ4n) is 0.994. The summed E-state index contributed by atoms with van der Waals surface area (Å²) in [6.07, 6.45) is 1.19. The van der Waals surface area contributed by atoms with Crippen molar-refractivity contribution in [2.75, 3.05) is 5.75 Å². The molecule has 1 unspecified atom stereocenters. The Kier molecular flexibility index (Phi) is 3.46. The van der Waals surface area contributed by atoms with E-state index in [-0.39, 0.29) is 0 Å². The molecule has 1 heterocycles. The molecule has 0 saturated carbocycles. The molecule has 0 amide bonds. The van der Waals surface area contributed by atoms with Gasteiger partial charge in [0.1, 0.15) is 0 Å². The minimum absolute atomic E-state index is 0.704. The van der Waals surface area contributed by atoms with Gasteiger partial charge in [0.05, 0.1) is 0 Å². The van der Waals surface area contributed by atoms with E-state index in [9.17, 15) is 0 Å². The van der Waals surface area contributed by atoms with Gasteiger partial charge in [-0.3, -0.25) is 0 Å². The molecule has 1 aromatic heterocycles. The van der Waals surface area contributed by atoms with Crippen LogP contribution < -0.4 is 0 Å². The number of aryl methyl sites for hydroxylation is 1. The Balaban J connectivity index is 2.56. The molecule has 1 atom stereocenters. The van der Waals surface area contributed by atoms with Crippen LogP contribution in [0.3, 0.4) is 0 Å². The second kappa shape index (κ2) is 4.17. The van der Waals surface area contributed by atoms with Crippen molar-refractivity contribution in [1.82, 2.24) is 0 Å². The van der Waals surface area contributed by atoms with Gasteiger partial charge in [0.15, 0.2) is 0 Å². The summed E-state index contributed by atoms with van der Waals surface area (Å²) < 4.78 is 0. The van der Waals surface area contributed by atoms with E-state index < -0.39 is 0 Å². The lowest BCUT2D eigenvalue weighted by molar-refractivity contribution is 0.666. The van der Waals surface area contributed by atoms with Gasteiger partial charge in [0.25, 0.3) is 0 Å². The maximum atomic E-state index is 4.27. The first kappa shape index (κ1) is 9.14. The monoisotopic (exact) mass is 186 g/mol. The topological polar surface area (TPSA) is 0 Å². The van der Waals surface area contributed by atoms with Crippen molar-refractivity contribution in [1.29, 1.82) is 0 Å². The first-order valence-electron chi connectivity index (χ1n) is 3.88. The van der Waals surface area contributed by atoms with Gasteiger partial charge in [-0.25, -0.2) is 0 Å². The molecule has 0 radical (unpaired) electrons. The average molecular weight is 186 g/mol. The Morgan fingerprint density at radius 1 is 1.64 bits per heavy atom. The highest BCUT2D eigenvalue weighted by molar-refractivity contribution is 7.80. The number of rotatable bonds is 3. The third-order valence-corrected chi connectivity index (χ3v) is 3.48. The molecule has 0 aromatic carbocycles. The first-order valence-corrected chi connectivity index (χ1v) is 5.39. The van der Waals surface area contributed by atoms with Crippen LogP contribution in [0, 0.1) is 12.8 Å². The standard InChI is InChI=1S/C9H14S2/c1-7(6-10)5-9-8(2)3-4-11-9/h3-4,7,10H,5-6H2,1-2H3. The molecule has 62 valence electrons. The fourth-order valence-corrected chi connectivity index (χ4v) is 2.19. The van der Waals surface area contributed by atoms with E-state index >= 15 is 0 Å². The Labute approximate surface area is 78.1 Å². The van der Waals surface area contributed by atoms with Crippen LogP contribution in [0.15, 0.2) is 11.4 Å². The fraction of sp³-hybridized carbons (Fsp3) is 0.556. The zero-order chi connectivity index (χ0) is 8.27. The highest BCUT2D eigenvalue weighted by Gasteiger charge is 2.04. The molecule has 0 spiro atoms. The van der Waals surface area contributed by atoms with Crippen LogP contribution in [0.4, 0.5) is 0 Å². The van der Waals surface area contributed by atoms with Crippen molar-refractivity contribution in [2.24, 2.45) is 5.92 Å². The molecule has 0 fully saturated rings. The minimum Gasteiger partial charge on any atom is -0.179 e. The van der Waals surface area contributed by atoms with Crippen LogP contribution in [0.25, 0.3) is 0 Å². The average Bonchev–Trinajstić information content (AvgIpc) is 2.37. The van der Waals surface area contributed by atoms with Crippen LogP contribution in [-0.4, -0.2) is 5.75 Å². The molecule has 0 saturated heterocycles. The van der Waals surface area contributed by atoms with Crippen LogP contribution in [0.1, 0.15) is 17.4 Å². The zero-order valence-electron chi connectivity index (χ0n) is 7.00. The maximum absolute atomic E-state index is 4.27. The van der Waals surface area contributed by atoms with Gasteiger partial charge in [-0.2, -0.15) is 12.6 Å². The summed E-state index contributed by atoms with van der Waals surface area (Å²) in [5.74, 6) is 1.69. The molecule has 1 aromatic rings. The number of hydrogen-bond donors (Lipinski definition) is 1. The van der Waals surface area contributed by atoms with E-state index in [1.54, 1.807) is 0 Å². The van der Waals surface area contributed by atoms with Crippen LogP contribution >= 0.6 is 24.0 Å². The molecule has 0 aliphatic heterocycles. The lowest BCUT2D eigenvalue weighted by Crippen LogP contribution is -1.99. The Hall–Kier alpha value is 0.0500. The summed E-state index contributed by atoms with van der Waals surface area (Å²) in [4.78, 5) is 1.52. The predicted octanol–water partition coefficient (Wildman–Crippen LogP) is 3.16. The van der Waals surface area contributed by atoms with Gasteiger partial charge in [-0.15, -0.1) is 11.3 Å². The molecule has 2 heteroatoms. The van der Waals surface area contributed by atoms with Crippen molar-refractivity contribution in [3.05, 3.63) is 21.9 Å². The van der Waals surface area contributed by atoms with Gasteiger partial charge >= 0.3 is 0 Å².